The standard InChI is InChI=1S/C22H30O/c1-5-16-7-6-8-17-15-20(13-14-21(16)17)23-19-11-9-18(10-12-19)22(2,3)4/h6-8,13-15,18-19H,5,9-12H2,1-4H3. The van der Waals surface area contributed by atoms with Crippen LogP contribution in [0.3, 0.4) is 0 Å². The van der Waals surface area contributed by atoms with E-state index in [1.54, 1.807) is 0 Å². The van der Waals surface area contributed by atoms with Gasteiger partial charge >= 0.3 is 0 Å². The van der Waals surface area contributed by atoms with E-state index in [1.165, 1.54) is 42.0 Å². The summed E-state index contributed by atoms with van der Waals surface area (Å²) >= 11 is 0. The molecule has 1 fully saturated rings. The average molecular weight is 310 g/mol. The van der Waals surface area contributed by atoms with E-state index in [0.717, 1.165) is 18.1 Å². The normalized spacial score (nSPS) is 22.3. The van der Waals surface area contributed by atoms with Crippen molar-refractivity contribution in [2.45, 2.75) is 65.9 Å². The Morgan fingerprint density at radius 1 is 1.00 bits per heavy atom. The summed E-state index contributed by atoms with van der Waals surface area (Å²) in [6, 6.07) is 13.2. The van der Waals surface area contributed by atoms with Crippen molar-refractivity contribution < 1.29 is 4.74 Å². The molecule has 0 unspecified atom stereocenters. The monoisotopic (exact) mass is 310 g/mol. The minimum atomic E-state index is 0.389. The molecule has 0 spiro atoms. The summed E-state index contributed by atoms with van der Waals surface area (Å²) in [7, 11) is 0. The average Bonchev–Trinajstić information content (AvgIpc) is 2.53. The molecule has 0 bridgehead atoms. The molecule has 1 heteroatoms. The first-order valence-electron chi connectivity index (χ1n) is 9.15. The second-order valence-corrected chi connectivity index (χ2v) is 8.11. The molecule has 1 saturated carbocycles. The molecule has 0 heterocycles. The Bertz CT molecular complexity index is 657. The van der Waals surface area contributed by atoms with Crippen LogP contribution in [-0.4, -0.2) is 6.10 Å². The number of hydrogen-bond acceptors (Lipinski definition) is 1. The van der Waals surface area contributed by atoms with Crippen LogP contribution in [0.4, 0.5) is 0 Å². The van der Waals surface area contributed by atoms with E-state index in [4.69, 9.17) is 4.74 Å². The molecule has 0 atom stereocenters. The first kappa shape index (κ1) is 16.4. The van der Waals surface area contributed by atoms with Gasteiger partial charge in [-0.1, -0.05) is 52.0 Å². The van der Waals surface area contributed by atoms with Crippen molar-refractivity contribution in [3.05, 3.63) is 42.0 Å². The zero-order valence-electron chi connectivity index (χ0n) is 15.1. The van der Waals surface area contributed by atoms with Crippen LogP contribution < -0.4 is 4.74 Å². The third-order valence-corrected chi connectivity index (χ3v) is 5.52. The van der Waals surface area contributed by atoms with Gasteiger partial charge in [-0.2, -0.15) is 0 Å². The fraction of sp³-hybridized carbons (Fsp3) is 0.545. The number of fused-ring (bicyclic) bond motifs is 1. The third-order valence-electron chi connectivity index (χ3n) is 5.52. The topological polar surface area (TPSA) is 9.23 Å². The summed E-state index contributed by atoms with van der Waals surface area (Å²) in [5, 5.41) is 2.66. The van der Waals surface area contributed by atoms with Gasteiger partial charge in [-0.05, 0) is 71.9 Å². The predicted octanol–water partition coefficient (Wildman–Crippen LogP) is 6.39. The van der Waals surface area contributed by atoms with E-state index in [2.05, 4.69) is 64.1 Å². The van der Waals surface area contributed by atoms with Crippen molar-refractivity contribution in [2.24, 2.45) is 11.3 Å². The quantitative estimate of drug-likeness (QED) is 0.638. The molecule has 0 N–H and O–H groups in total. The highest BCUT2D eigenvalue weighted by molar-refractivity contribution is 5.87. The number of rotatable bonds is 3. The van der Waals surface area contributed by atoms with Gasteiger partial charge in [0.2, 0.25) is 0 Å². The maximum absolute atomic E-state index is 6.30. The summed E-state index contributed by atoms with van der Waals surface area (Å²) in [5.41, 5.74) is 1.85. The zero-order chi connectivity index (χ0) is 16.4. The Morgan fingerprint density at radius 3 is 2.39 bits per heavy atom. The summed E-state index contributed by atoms with van der Waals surface area (Å²) in [4.78, 5) is 0. The molecule has 124 valence electrons. The van der Waals surface area contributed by atoms with Gasteiger partial charge in [-0.3, -0.25) is 0 Å². The molecule has 23 heavy (non-hydrogen) atoms. The highest BCUT2D eigenvalue weighted by Gasteiger charge is 2.30. The van der Waals surface area contributed by atoms with Gasteiger partial charge < -0.3 is 4.74 Å². The van der Waals surface area contributed by atoms with Crippen molar-refractivity contribution in [1.82, 2.24) is 0 Å². The smallest absolute Gasteiger partial charge is 0.120 e. The minimum Gasteiger partial charge on any atom is -0.490 e. The molecule has 1 aliphatic carbocycles. The van der Waals surface area contributed by atoms with Gasteiger partial charge in [-0.25, -0.2) is 0 Å². The van der Waals surface area contributed by atoms with Gasteiger partial charge in [0.25, 0.3) is 0 Å². The number of benzene rings is 2. The first-order valence-corrected chi connectivity index (χ1v) is 9.15. The van der Waals surface area contributed by atoms with Crippen molar-refractivity contribution in [2.75, 3.05) is 0 Å². The highest BCUT2D eigenvalue weighted by atomic mass is 16.5. The van der Waals surface area contributed by atoms with Crippen LogP contribution in [0, 0.1) is 11.3 Å². The molecular formula is C22H30O. The van der Waals surface area contributed by atoms with Crippen molar-refractivity contribution in [1.29, 1.82) is 0 Å². The van der Waals surface area contributed by atoms with Crippen LogP contribution in [0.25, 0.3) is 10.8 Å². The van der Waals surface area contributed by atoms with Crippen LogP contribution in [0.1, 0.15) is 58.9 Å². The summed E-state index contributed by atoms with van der Waals surface area (Å²) in [6.07, 6.45) is 6.43. The van der Waals surface area contributed by atoms with E-state index < -0.39 is 0 Å². The summed E-state index contributed by atoms with van der Waals surface area (Å²) in [6.45, 7) is 9.32. The predicted molar refractivity (Wildman–Crippen MR) is 99.2 cm³/mol. The Morgan fingerprint density at radius 2 is 1.74 bits per heavy atom. The molecule has 0 aliphatic heterocycles. The summed E-state index contributed by atoms with van der Waals surface area (Å²) in [5.74, 6) is 1.87. The Balaban J connectivity index is 1.68. The second-order valence-electron chi connectivity index (χ2n) is 8.11. The van der Waals surface area contributed by atoms with Crippen LogP contribution in [0.5, 0.6) is 5.75 Å². The Kier molecular flexibility index (Phi) is 4.66. The molecule has 1 nitrogen and oxygen atoms in total. The lowest BCUT2D eigenvalue weighted by Gasteiger charge is -2.37. The fourth-order valence-corrected chi connectivity index (χ4v) is 3.95. The Labute approximate surface area is 141 Å². The molecule has 2 aromatic rings. The molecular weight excluding hydrogens is 280 g/mol. The fourth-order valence-electron chi connectivity index (χ4n) is 3.95. The number of ether oxygens (including phenoxy) is 1. The van der Waals surface area contributed by atoms with E-state index in [-0.39, 0.29) is 0 Å². The van der Waals surface area contributed by atoms with E-state index >= 15 is 0 Å². The molecule has 3 rings (SSSR count). The SMILES string of the molecule is CCc1cccc2cc(OC3CCC(C(C)(C)C)CC3)ccc12. The van der Waals surface area contributed by atoms with Crippen LogP contribution >= 0.6 is 0 Å². The lowest BCUT2D eigenvalue weighted by atomic mass is 9.72. The van der Waals surface area contributed by atoms with Crippen LogP contribution in [0.2, 0.25) is 0 Å². The molecule has 0 saturated heterocycles. The summed E-state index contributed by atoms with van der Waals surface area (Å²) < 4.78 is 6.30. The van der Waals surface area contributed by atoms with Gasteiger partial charge in [0, 0.05) is 0 Å². The van der Waals surface area contributed by atoms with Crippen molar-refractivity contribution >= 4 is 10.8 Å². The van der Waals surface area contributed by atoms with E-state index in [9.17, 15) is 0 Å². The molecule has 1 aliphatic rings. The first-order chi connectivity index (χ1) is 11.0. The second kappa shape index (κ2) is 6.55. The van der Waals surface area contributed by atoms with Crippen molar-refractivity contribution in [3.63, 3.8) is 0 Å². The van der Waals surface area contributed by atoms with Gasteiger partial charge in [0.15, 0.2) is 0 Å². The Hall–Kier alpha value is -1.50. The van der Waals surface area contributed by atoms with Gasteiger partial charge in [0.05, 0.1) is 6.10 Å². The maximum Gasteiger partial charge on any atom is 0.120 e. The molecule has 2 aromatic carbocycles. The van der Waals surface area contributed by atoms with Gasteiger partial charge in [0.1, 0.15) is 5.75 Å². The van der Waals surface area contributed by atoms with E-state index in [0.29, 0.717) is 11.5 Å². The largest absolute Gasteiger partial charge is 0.490 e. The molecule has 0 radical (unpaired) electrons. The third kappa shape index (κ3) is 3.71. The molecule has 0 aromatic heterocycles. The minimum absolute atomic E-state index is 0.389. The van der Waals surface area contributed by atoms with Crippen LogP contribution in [0.15, 0.2) is 36.4 Å². The van der Waals surface area contributed by atoms with Crippen LogP contribution in [-0.2, 0) is 6.42 Å². The van der Waals surface area contributed by atoms with E-state index in [1.807, 2.05) is 0 Å². The highest BCUT2D eigenvalue weighted by Crippen LogP contribution is 2.39. The molecule has 0 amide bonds. The lowest BCUT2D eigenvalue weighted by Crippen LogP contribution is -2.30. The lowest BCUT2D eigenvalue weighted by molar-refractivity contribution is 0.0883. The number of hydrogen-bond donors (Lipinski definition) is 0. The zero-order valence-corrected chi connectivity index (χ0v) is 15.1. The maximum atomic E-state index is 6.30. The van der Waals surface area contributed by atoms with Gasteiger partial charge in [-0.15, -0.1) is 0 Å². The van der Waals surface area contributed by atoms with Crippen molar-refractivity contribution in [3.8, 4) is 5.75 Å². The number of aryl methyl sites for hydroxylation is 1.